The molecule has 2 N–H and O–H groups in total. The topological polar surface area (TPSA) is 67.8 Å². The Morgan fingerprint density at radius 3 is 2.64 bits per heavy atom. The number of ether oxygens (including phenoxy) is 2. The number of aromatic nitrogens is 1. The van der Waals surface area contributed by atoms with Crippen molar-refractivity contribution in [2.24, 2.45) is 4.99 Å². The zero-order chi connectivity index (χ0) is 18.1. The highest BCUT2D eigenvalue weighted by atomic mass is 16.5. The maximum atomic E-state index is 5.89. The van der Waals surface area contributed by atoms with Gasteiger partial charge in [0.1, 0.15) is 17.6 Å². The summed E-state index contributed by atoms with van der Waals surface area (Å²) in [4.78, 5) is 8.69. The van der Waals surface area contributed by atoms with Gasteiger partial charge in [-0.1, -0.05) is 12.1 Å². The van der Waals surface area contributed by atoms with E-state index in [0.717, 1.165) is 22.9 Å². The summed E-state index contributed by atoms with van der Waals surface area (Å²) in [6.07, 6.45) is -0.0252. The lowest BCUT2D eigenvalue weighted by Crippen LogP contribution is -2.41. The molecule has 6 nitrogen and oxygen atoms in total. The first-order valence-corrected chi connectivity index (χ1v) is 8.28. The minimum absolute atomic E-state index is 0.0252. The van der Waals surface area contributed by atoms with Crippen LogP contribution in [0.4, 0.5) is 0 Å². The van der Waals surface area contributed by atoms with Gasteiger partial charge in [0, 0.05) is 18.8 Å². The van der Waals surface area contributed by atoms with Crippen molar-refractivity contribution in [2.75, 3.05) is 20.7 Å². The third-order valence-electron chi connectivity index (χ3n) is 3.54. The molecule has 0 fully saturated rings. The number of nitrogens with zero attached hydrogens (tertiary/aromatic N) is 2. The van der Waals surface area contributed by atoms with E-state index in [-0.39, 0.29) is 6.10 Å². The first kappa shape index (κ1) is 18.6. The number of pyridine rings is 1. The molecule has 0 aliphatic rings. The molecule has 0 bridgehead atoms. The van der Waals surface area contributed by atoms with Crippen LogP contribution in [0.25, 0.3) is 0 Å². The van der Waals surface area contributed by atoms with E-state index < -0.39 is 0 Å². The zero-order valence-electron chi connectivity index (χ0n) is 15.2. The molecular formula is C19H26N4O2. The summed E-state index contributed by atoms with van der Waals surface area (Å²) in [7, 11) is 3.38. The van der Waals surface area contributed by atoms with Gasteiger partial charge < -0.3 is 20.1 Å². The monoisotopic (exact) mass is 342 g/mol. The van der Waals surface area contributed by atoms with Crippen molar-refractivity contribution in [2.45, 2.75) is 26.5 Å². The predicted molar refractivity (Wildman–Crippen MR) is 100 cm³/mol. The summed E-state index contributed by atoms with van der Waals surface area (Å²) in [6, 6.07) is 13.5. The molecule has 0 amide bonds. The number of hydrogen-bond donors (Lipinski definition) is 2. The van der Waals surface area contributed by atoms with Crippen molar-refractivity contribution >= 4 is 5.96 Å². The Hall–Kier alpha value is -2.76. The number of nitrogens with one attached hydrogen (secondary N) is 2. The molecular weight excluding hydrogens is 316 g/mol. The largest absolute Gasteiger partial charge is 0.497 e. The van der Waals surface area contributed by atoms with Gasteiger partial charge in [-0.2, -0.15) is 0 Å². The molecule has 0 spiro atoms. The van der Waals surface area contributed by atoms with E-state index in [1.807, 2.05) is 56.3 Å². The zero-order valence-corrected chi connectivity index (χ0v) is 15.2. The molecule has 2 rings (SSSR count). The van der Waals surface area contributed by atoms with Crippen molar-refractivity contribution in [3.05, 3.63) is 53.9 Å². The molecule has 0 saturated carbocycles. The first-order valence-electron chi connectivity index (χ1n) is 8.28. The number of methoxy groups -OCH3 is 1. The Morgan fingerprint density at radius 1 is 1.16 bits per heavy atom. The first-order chi connectivity index (χ1) is 12.1. The smallest absolute Gasteiger partial charge is 0.191 e. The number of hydrogen-bond acceptors (Lipinski definition) is 4. The molecule has 0 aliphatic heterocycles. The molecule has 1 heterocycles. The average molecular weight is 342 g/mol. The van der Waals surface area contributed by atoms with Crippen molar-refractivity contribution in [3.63, 3.8) is 0 Å². The van der Waals surface area contributed by atoms with Gasteiger partial charge in [0.15, 0.2) is 5.96 Å². The molecule has 1 atom stereocenters. The summed E-state index contributed by atoms with van der Waals surface area (Å²) in [5, 5.41) is 6.51. The van der Waals surface area contributed by atoms with Crippen LogP contribution in [0.5, 0.6) is 11.5 Å². The average Bonchev–Trinajstić information content (AvgIpc) is 2.62. The van der Waals surface area contributed by atoms with Crippen LogP contribution in [0.3, 0.4) is 0 Å². The predicted octanol–water partition coefficient (Wildman–Crippen LogP) is 2.53. The second kappa shape index (κ2) is 9.52. The van der Waals surface area contributed by atoms with E-state index >= 15 is 0 Å². The standard InChI is InChI=1S/C19H26N4O2/c1-14-7-5-8-16(23-14)13-22-19(20-3)21-12-15(2)25-18-10-6-9-17(11-18)24-4/h5-11,15H,12-13H2,1-4H3,(H2,20,21,22). The second-order valence-corrected chi connectivity index (χ2v) is 5.68. The van der Waals surface area contributed by atoms with Crippen LogP contribution in [-0.2, 0) is 6.54 Å². The lowest BCUT2D eigenvalue weighted by atomic mass is 10.3. The number of rotatable bonds is 7. The van der Waals surface area contributed by atoms with Crippen molar-refractivity contribution < 1.29 is 9.47 Å². The summed E-state index contributed by atoms with van der Waals surface area (Å²) in [5.74, 6) is 2.27. The SMILES string of the molecule is CN=C(NCc1cccc(C)n1)NCC(C)Oc1cccc(OC)c1. The van der Waals surface area contributed by atoms with Crippen LogP contribution in [0, 0.1) is 6.92 Å². The van der Waals surface area contributed by atoms with Crippen LogP contribution in [0.1, 0.15) is 18.3 Å². The van der Waals surface area contributed by atoms with Crippen molar-refractivity contribution in [1.29, 1.82) is 0 Å². The Kier molecular flexibility index (Phi) is 7.07. The third kappa shape index (κ3) is 6.33. The third-order valence-corrected chi connectivity index (χ3v) is 3.54. The fraction of sp³-hybridized carbons (Fsp3) is 0.368. The van der Waals surface area contributed by atoms with E-state index in [2.05, 4.69) is 20.6 Å². The van der Waals surface area contributed by atoms with E-state index in [1.165, 1.54) is 0 Å². The highest BCUT2D eigenvalue weighted by Gasteiger charge is 2.07. The van der Waals surface area contributed by atoms with Crippen LogP contribution in [0.15, 0.2) is 47.5 Å². The number of benzene rings is 1. The fourth-order valence-corrected chi connectivity index (χ4v) is 2.28. The molecule has 6 heteroatoms. The molecule has 0 saturated heterocycles. The molecule has 1 aromatic carbocycles. The van der Waals surface area contributed by atoms with Crippen molar-refractivity contribution in [1.82, 2.24) is 15.6 Å². The Bertz CT molecular complexity index is 703. The molecule has 25 heavy (non-hydrogen) atoms. The normalized spacial score (nSPS) is 12.4. The van der Waals surface area contributed by atoms with Crippen molar-refractivity contribution in [3.8, 4) is 11.5 Å². The minimum Gasteiger partial charge on any atom is -0.497 e. The highest BCUT2D eigenvalue weighted by molar-refractivity contribution is 5.79. The quantitative estimate of drug-likeness (QED) is 0.598. The lowest BCUT2D eigenvalue weighted by molar-refractivity contribution is 0.223. The van der Waals surface area contributed by atoms with E-state index in [9.17, 15) is 0 Å². The minimum atomic E-state index is -0.0252. The van der Waals surface area contributed by atoms with Gasteiger partial charge in [0.25, 0.3) is 0 Å². The van der Waals surface area contributed by atoms with Gasteiger partial charge in [-0.25, -0.2) is 0 Å². The van der Waals surface area contributed by atoms with Crippen LogP contribution < -0.4 is 20.1 Å². The molecule has 0 radical (unpaired) electrons. The number of aryl methyl sites for hydroxylation is 1. The maximum Gasteiger partial charge on any atom is 0.191 e. The molecule has 1 unspecified atom stereocenters. The number of aliphatic imine (C=N–C) groups is 1. The number of guanidine groups is 1. The fourth-order valence-electron chi connectivity index (χ4n) is 2.28. The van der Waals surface area contributed by atoms with Gasteiger partial charge in [0.05, 0.1) is 25.9 Å². The summed E-state index contributed by atoms with van der Waals surface area (Å²) >= 11 is 0. The van der Waals surface area contributed by atoms with Crippen LogP contribution in [0.2, 0.25) is 0 Å². The summed E-state index contributed by atoms with van der Waals surface area (Å²) in [5.41, 5.74) is 1.98. The molecule has 1 aromatic heterocycles. The van der Waals surface area contributed by atoms with Gasteiger partial charge in [-0.3, -0.25) is 9.98 Å². The lowest BCUT2D eigenvalue weighted by Gasteiger charge is -2.18. The van der Waals surface area contributed by atoms with Crippen LogP contribution >= 0.6 is 0 Å². The Labute approximate surface area is 149 Å². The van der Waals surface area contributed by atoms with Gasteiger partial charge in [-0.05, 0) is 38.1 Å². The molecule has 2 aromatic rings. The molecule has 134 valence electrons. The Balaban J connectivity index is 1.79. The van der Waals surface area contributed by atoms with E-state index in [4.69, 9.17) is 9.47 Å². The highest BCUT2D eigenvalue weighted by Crippen LogP contribution is 2.19. The van der Waals surface area contributed by atoms with E-state index in [0.29, 0.717) is 19.0 Å². The second-order valence-electron chi connectivity index (χ2n) is 5.68. The maximum absolute atomic E-state index is 5.89. The van der Waals surface area contributed by atoms with Gasteiger partial charge >= 0.3 is 0 Å². The van der Waals surface area contributed by atoms with Crippen LogP contribution in [-0.4, -0.2) is 37.7 Å². The Morgan fingerprint density at radius 2 is 1.92 bits per heavy atom. The summed E-state index contributed by atoms with van der Waals surface area (Å²) in [6.45, 7) is 5.22. The molecule has 0 aliphatic carbocycles. The van der Waals surface area contributed by atoms with Gasteiger partial charge in [-0.15, -0.1) is 0 Å². The van der Waals surface area contributed by atoms with Gasteiger partial charge in [0.2, 0.25) is 0 Å². The van der Waals surface area contributed by atoms with E-state index in [1.54, 1.807) is 14.2 Å². The summed E-state index contributed by atoms with van der Waals surface area (Å²) < 4.78 is 11.1.